The highest BCUT2D eigenvalue weighted by Crippen LogP contribution is 2.36. The van der Waals surface area contributed by atoms with Gasteiger partial charge in [-0.25, -0.2) is 0 Å². The molecule has 3 rings (SSSR count). The first-order chi connectivity index (χ1) is 10.1. The maximum absolute atomic E-state index is 6.25. The molecule has 0 amide bonds. The smallest absolute Gasteiger partial charge is 0.124 e. The van der Waals surface area contributed by atoms with Crippen LogP contribution in [0.2, 0.25) is 0 Å². The fourth-order valence-corrected chi connectivity index (χ4v) is 3.49. The molecule has 2 saturated heterocycles. The summed E-state index contributed by atoms with van der Waals surface area (Å²) in [5, 5.41) is 0. The first-order valence-corrected chi connectivity index (χ1v) is 8.31. The predicted octanol–water partition coefficient (Wildman–Crippen LogP) is 3.19. The maximum Gasteiger partial charge on any atom is 0.124 e. The van der Waals surface area contributed by atoms with Gasteiger partial charge in [0, 0.05) is 41.9 Å². The van der Waals surface area contributed by atoms with E-state index in [4.69, 9.17) is 19.9 Å². The molecule has 21 heavy (non-hydrogen) atoms. The second-order valence-electron chi connectivity index (χ2n) is 6.04. The lowest BCUT2D eigenvalue weighted by molar-refractivity contribution is -0.112. The molecule has 2 unspecified atom stereocenters. The Morgan fingerprint density at radius 3 is 3.00 bits per heavy atom. The fraction of sp³-hybridized carbons (Fsp3) is 0.625. The summed E-state index contributed by atoms with van der Waals surface area (Å²) in [5.74, 6) is 0.883. The van der Waals surface area contributed by atoms with Crippen LogP contribution in [-0.2, 0) is 9.47 Å². The molecule has 116 valence electrons. The van der Waals surface area contributed by atoms with E-state index < -0.39 is 0 Å². The molecule has 2 heterocycles. The largest absolute Gasteiger partial charge is 0.490 e. The van der Waals surface area contributed by atoms with Crippen molar-refractivity contribution < 1.29 is 14.2 Å². The molecule has 0 radical (unpaired) electrons. The van der Waals surface area contributed by atoms with E-state index in [-0.39, 0.29) is 17.7 Å². The molecule has 2 aliphatic rings. The zero-order valence-electron chi connectivity index (χ0n) is 12.3. The van der Waals surface area contributed by atoms with E-state index in [0.717, 1.165) is 48.3 Å². The van der Waals surface area contributed by atoms with Gasteiger partial charge in [0.2, 0.25) is 0 Å². The highest BCUT2D eigenvalue weighted by Gasteiger charge is 2.41. The van der Waals surface area contributed by atoms with Crippen LogP contribution in [0.15, 0.2) is 22.7 Å². The Kier molecular flexibility index (Phi) is 4.54. The van der Waals surface area contributed by atoms with Gasteiger partial charge in [-0.15, -0.1) is 0 Å². The van der Waals surface area contributed by atoms with Crippen molar-refractivity contribution in [2.75, 3.05) is 19.8 Å². The SMILES string of the molecule is C[C@H](N)c1cc(Br)ccc1OC1CCOC2(CCOC2)C1. The third kappa shape index (κ3) is 3.42. The molecule has 2 fully saturated rings. The summed E-state index contributed by atoms with van der Waals surface area (Å²) < 4.78 is 18.7. The summed E-state index contributed by atoms with van der Waals surface area (Å²) >= 11 is 3.49. The predicted molar refractivity (Wildman–Crippen MR) is 84.5 cm³/mol. The Bertz CT molecular complexity index is 500. The molecule has 4 nitrogen and oxygen atoms in total. The van der Waals surface area contributed by atoms with Gasteiger partial charge in [0.15, 0.2) is 0 Å². The van der Waals surface area contributed by atoms with E-state index in [9.17, 15) is 0 Å². The van der Waals surface area contributed by atoms with Crippen molar-refractivity contribution in [2.24, 2.45) is 5.73 Å². The van der Waals surface area contributed by atoms with Gasteiger partial charge in [-0.2, -0.15) is 0 Å². The van der Waals surface area contributed by atoms with Crippen LogP contribution in [0, 0.1) is 0 Å². The third-order valence-electron chi connectivity index (χ3n) is 4.27. The van der Waals surface area contributed by atoms with E-state index in [1.807, 2.05) is 25.1 Å². The van der Waals surface area contributed by atoms with Crippen molar-refractivity contribution in [3.8, 4) is 5.75 Å². The summed E-state index contributed by atoms with van der Waals surface area (Å²) in [5.41, 5.74) is 6.96. The van der Waals surface area contributed by atoms with Crippen molar-refractivity contribution in [3.63, 3.8) is 0 Å². The summed E-state index contributed by atoms with van der Waals surface area (Å²) in [6.45, 7) is 4.19. The van der Waals surface area contributed by atoms with Gasteiger partial charge < -0.3 is 19.9 Å². The molecular formula is C16H22BrNO3. The van der Waals surface area contributed by atoms with Gasteiger partial charge in [0.05, 0.1) is 18.8 Å². The van der Waals surface area contributed by atoms with Gasteiger partial charge in [0.25, 0.3) is 0 Å². The van der Waals surface area contributed by atoms with Gasteiger partial charge in [-0.1, -0.05) is 15.9 Å². The van der Waals surface area contributed by atoms with Crippen LogP contribution in [0.5, 0.6) is 5.75 Å². The quantitative estimate of drug-likeness (QED) is 0.904. The van der Waals surface area contributed by atoms with Gasteiger partial charge >= 0.3 is 0 Å². The average Bonchev–Trinajstić information content (AvgIpc) is 2.88. The number of halogens is 1. The van der Waals surface area contributed by atoms with Crippen LogP contribution in [-0.4, -0.2) is 31.5 Å². The fourth-order valence-electron chi connectivity index (χ4n) is 3.11. The van der Waals surface area contributed by atoms with E-state index in [2.05, 4.69) is 15.9 Å². The minimum absolute atomic E-state index is 0.0545. The van der Waals surface area contributed by atoms with Gasteiger partial charge in [-0.05, 0) is 25.1 Å². The van der Waals surface area contributed by atoms with Crippen molar-refractivity contribution in [1.82, 2.24) is 0 Å². The number of hydrogen-bond donors (Lipinski definition) is 1. The molecule has 5 heteroatoms. The molecule has 1 aromatic carbocycles. The second kappa shape index (κ2) is 6.24. The Morgan fingerprint density at radius 2 is 2.29 bits per heavy atom. The van der Waals surface area contributed by atoms with Gasteiger partial charge in [0.1, 0.15) is 11.9 Å². The summed E-state index contributed by atoms with van der Waals surface area (Å²) in [6, 6.07) is 5.97. The number of nitrogens with two attached hydrogens (primary N) is 1. The zero-order chi connectivity index (χ0) is 14.9. The Balaban J connectivity index is 1.74. The van der Waals surface area contributed by atoms with Crippen molar-refractivity contribution in [3.05, 3.63) is 28.2 Å². The average molecular weight is 356 g/mol. The summed E-state index contributed by atoms with van der Waals surface area (Å²) in [4.78, 5) is 0. The Labute approximate surface area is 134 Å². The number of ether oxygens (including phenoxy) is 3. The minimum atomic E-state index is -0.132. The number of benzene rings is 1. The Morgan fingerprint density at radius 1 is 1.43 bits per heavy atom. The topological polar surface area (TPSA) is 53.7 Å². The lowest BCUT2D eigenvalue weighted by Crippen LogP contribution is -2.44. The lowest BCUT2D eigenvalue weighted by atomic mass is 9.91. The van der Waals surface area contributed by atoms with Crippen LogP contribution in [0.25, 0.3) is 0 Å². The number of hydrogen-bond acceptors (Lipinski definition) is 4. The summed E-state index contributed by atoms with van der Waals surface area (Å²) in [7, 11) is 0. The lowest BCUT2D eigenvalue weighted by Gasteiger charge is -2.37. The second-order valence-corrected chi connectivity index (χ2v) is 6.95. The standard InChI is InChI=1S/C16H22BrNO3/c1-11(18)14-8-12(17)2-3-15(14)21-13-4-6-20-16(9-13)5-7-19-10-16/h2-3,8,11,13H,4-7,9-10,18H2,1H3/t11-,13?,16?/m0/s1. The van der Waals surface area contributed by atoms with Crippen molar-refractivity contribution >= 4 is 15.9 Å². The van der Waals surface area contributed by atoms with Crippen LogP contribution >= 0.6 is 15.9 Å². The molecule has 0 aliphatic carbocycles. The van der Waals surface area contributed by atoms with E-state index in [0.29, 0.717) is 6.61 Å². The zero-order valence-corrected chi connectivity index (χ0v) is 13.9. The monoisotopic (exact) mass is 355 g/mol. The highest BCUT2D eigenvalue weighted by molar-refractivity contribution is 9.10. The first kappa shape index (κ1) is 15.3. The minimum Gasteiger partial charge on any atom is -0.490 e. The molecular weight excluding hydrogens is 334 g/mol. The molecule has 3 atom stereocenters. The molecule has 0 saturated carbocycles. The number of rotatable bonds is 3. The summed E-state index contributed by atoms with van der Waals surface area (Å²) in [6.07, 6.45) is 2.93. The third-order valence-corrected chi connectivity index (χ3v) is 4.76. The first-order valence-electron chi connectivity index (χ1n) is 7.51. The Hall–Kier alpha value is -0.620. The van der Waals surface area contributed by atoms with Crippen molar-refractivity contribution in [1.29, 1.82) is 0 Å². The molecule has 1 spiro atoms. The van der Waals surface area contributed by atoms with E-state index in [1.165, 1.54) is 0 Å². The molecule has 0 aromatic heterocycles. The van der Waals surface area contributed by atoms with Crippen LogP contribution in [0.4, 0.5) is 0 Å². The van der Waals surface area contributed by atoms with Crippen LogP contribution in [0.3, 0.4) is 0 Å². The molecule has 2 N–H and O–H groups in total. The normalized spacial score (nSPS) is 30.5. The van der Waals surface area contributed by atoms with Crippen LogP contribution < -0.4 is 10.5 Å². The van der Waals surface area contributed by atoms with Crippen molar-refractivity contribution in [2.45, 2.75) is 43.9 Å². The molecule has 2 aliphatic heterocycles. The van der Waals surface area contributed by atoms with E-state index in [1.54, 1.807) is 0 Å². The maximum atomic E-state index is 6.25. The van der Waals surface area contributed by atoms with Crippen LogP contribution in [0.1, 0.15) is 37.8 Å². The molecule has 0 bridgehead atoms. The van der Waals surface area contributed by atoms with Gasteiger partial charge in [-0.3, -0.25) is 0 Å². The molecule has 1 aromatic rings. The highest BCUT2D eigenvalue weighted by atomic mass is 79.9. The van der Waals surface area contributed by atoms with E-state index >= 15 is 0 Å².